The maximum atomic E-state index is 6.06. The molecule has 0 spiro atoms. The van der Waals surface area contributed by atoms with E-state index in [0.717, 1.165) is 5.56 Å². The van der Waals surface area contributed by atoms with E-state index in [1.807, 2.05) is 6.92 Å². The van der Waals surface area contributed by atoms with Crippen LogP contribution in [0.15, 0.2) is 12.1 Å². The van der Waals surface area contributed by atoms with Gasteiger partial charge in [-0.1, -0.05) is 30.1 Å². The average Bonchev–Trinajstić information content (AvgIpc) is 2.10. The van der Waals surface area contributed by atoms with Gasteiger partial charge in [-0.3, -0.25) is 0 Å². The van der Waals surface area contributed by atoms with Crippen molar-refractivity contribution in [3.05, 3.63) is 27.7 Å². The molecular weight excluding hydrogens is 221 g/mol. The maximum Gasteiger partial charge on any atom is 0.127 e. The molecular formula is C10H11Cl2NO. The molecule has 0 fully saturated rings. The predicted octanol–water partition coefficient (Wildman–Crippen LogP) is 3.02. The first kappa shape index (κ1) is 10.1. The van der Waals surface area contributed by atoms with Crippen molar-refractivity contribution in [1.82, 2.24) is 0 Å². The summed E-state index contributed by atoms with van der Waals surface area (Å²) in [5.74, 6) is 0.995. The van der Waals surface area contributed by atoms with Gasteiger partial charge in [-0.2, -0.15) is 0 Å². The minimum atomic E-state index is -0.0662. The Morgan fingerprint density at radius 3 is 2.86 bits per heavy atom. The van der Waals surface area contributed by atoms with Gasteiger partial charge in [-0.25, -0.2) is 0 Å². The van der Waals surface area contributed by atoms with Gasteiger partial charge >= 0.3 is 0 Å². The Hall–Kier alpha value is -0.440. The van der Waals surface area contributed by atoms with Crippen LogP contribution in [0.2, 0.25) is 10.0 Å². The predicted molar refractivity (Wildman–Crippen MR) is 58.0 cm³/mol. The Morgan fingerprint density at radius 2 is 2.14 bits per heavy atom. The highest BCUT2D eigenvalue weighted by Crippen LogP contribution is 2.40. The molecule has 76 valence electrons. The van der Waals surface area contributed by atoms with Gasteiger partial charge in [-0.05, 0) is 12.1 Å². The van der Waals surface area contributed by atoms with Crippen LogP contribution < -0.4 is 10.5 Å². The van der Waals surface area contributed by atoms with Crippen LogP contribution in [0.3, 0.4) is 0 Å². The van der Waals surface area contributed by atoms with Gasteiger partial charge in [0.25, 0.3) is 0 Å². The summed E-state index contributed by atoms with van der Waals surface area (Å²) in [7, 11) is 0. The molecule has 0 aromatic heterocycles. The monoisotopic (exact) mass is 231 g/mol. The van der Waals surface area contributed by atoms with Crippen LogP contribution in [-0.4, -0.2) is 6.61 Å². The van der Waals surface area contributed by atoms with Gasteiger partial charge in [-0.15, -0.1) is 0 Å². The molecule has 2 nitrogen and oxygen atoms in total. The van der Waals surface area contributed by atoms with E-state index in [4.69, 9.17) is 33.7 Å². The van der Waals surface area contributed by atoms with Gasteiger partial charge in [0.2, 0.25) is 0 Å². The third-order valence-corrected chi connectivity index (χ3v) is 3.04. The molecule has 1 aliphatic heterocycles. The van der Waals surface area contributed by atoms with Crippen molar-refractivity contribution in [3.63, 3.8) is 0 Å². The Balaban J connectivity index is 2.54. The number of fused-ring (bicyclic) bond motifs is 1. The number of hydrogen-bond acceptors (Lipinski definition) is 2. The first-order valence-corrected chi connectivity index (χ1v) is 5.22. The van der Waals surface area contributed by atoms with Crippen molar-refractivity contribution in [2.24, 2.45) is 11.7 Å². The highest BCUT2D eigenvalue weighted by Gasteiger charge is 2.27. The van der Waals surface area contributed by atoms with Crippen molar-refractivity contribution >= 4 is 23.2 Å². The van der Waals surface area contributed by atoms with E-state index in [1.54, 1.807) is 12.1 Å². The van der Waals surface area contributed by atoms with Crippen molar-refractivity contribution < 1.29 is 4.74 Å². The van der Waals surface area contributed by atoms with Crippen molar-refractivity contribution in [2.75, 3.05) is 6.61 Å². The van der Waals surface area contributed by atoms with Gasteiger partial charge in [0.15, 0.2) is 0 Å². The normalized spacial score (nSPS) is 25.4. The van der Waals surface area contributed by atoms with E-state index in [-0.39, 0.29) is 12.0 Å². The van der Waals surface area contributed by atoms with Crippen LogP contribution in [0.1, 0.15) is 18.5 Å². The lowest BCUT2D eigenvalue weighted by Crippen LogP contribution is -2.29. The number of hydrogen-bond donors (Lipinski definition) is 1. The van der Waals surface area contributed by atoms with Crippen molar-refractivity contribution in [3.8, 4) is 5.75 Å². The highest BCUT2D eigenvalue weighted by atomic mass is 35.5. The summed E-state index contributed by atoms with van der Waals surface area (Å²) in [5.41, 5.74) is 6.90. The van der Waals surface area contributed by atoms with E-state index in [2.05, 4.69) is 0 Å². The van der Waals surface area contributed by atoms with E-state index in [0.29, 0.717) is 22.4 Å². The second kappa shape index (κ2) is 3.61. The molecule has 2 atom stereocenters. The first-order valence-electron chi connectivity index (χ1n) is 4.47. The smallest absolute Gasteiger partial charge is 0.127 e. The quantitative estimate of drug-likeness (QED) is 0.746. The zero-order valence-electron chi connectivity index (χ0n) is 7.76. The van der Waals surface area contributed by atoms with Crippen molar-refractivity contribution in [1.29, 1.82) is 0 Å². The lowest BCUT2D eigenvalue weighted by atomic mass is 9.93. The molecule has 0 bridgehead atoms. The first-order chi connectivity index (χ1) is 6.59. The maximum absolute atomic E-state index is 6.06. The summed E-state index contributed by atoms with van der Waals surface area (Å²) in [4.78, 5) is 0. The third-order valence-electron chi connectivity index (χ3n) is 2.50. The molecule has 4 heteroatoms. The van der Waals surface area contributed by atoms with Crippen LogP contribution in [-0.2, 0) is 0 Å². The molecule has 1 aromatic rings. The summed E-state index contributed by atoms with van der Waals surface area (Å²) in [6.45, 7) is 2.66. The largest absolute Gasteiger partial charge is 0.493 e. The standard InChI is InChI=1S/C10H11Cl2NO/c1-5-4-14-8-3-6(11)2-7(12)9(8)10(5)13/h2-3,5,10H,4,13H2,1H3. The minimum absolute atomic E-state index is 0.0662. The molecule has 0 amide bonds. The molecule has 2 unspecified atom stereocenters. The number of rotatable bonds is 0. The van der Waals surface area contributed by atoms with Gasteiger partial charge in [0, 0.05) is 22.5 Å². The van der Waals surface area contributed by atoms with Crippen molar-refractivity contribution in [2.45, 2.75) is 13.0 Å². The number of halogens is 2. The lowest BCUT2D eigenvalue weighted by molar-refractivity contribution is 0.207. The molecule has 0 saturated heterocycles. The second-order valence-corrected chi connectivity index (χ2v) is 4.46. The van der Waals surface area contributed by atoms with Gasteiger partial charge < -0.3 is 10.5 Å². The van der Waals surface area contributed by atoms with E-state index in [1.165, 1.54) is 0 Å². The highest BCUT2D eigenvalue weighted by molar-refractivity contribution is 6.35. The zero-order chi connectivity index (χ0) is 10.3. The fraction of sp³-hybridized carbons (Fsp3) is 0.400. The summed E-state index contributed by atoms with van der Waals surface area (Å²) in [6, 6.07) is 3.39. The molecule has 1 heterocycles. The van der Waals surface area contributed by atoms with E-state index >= 15 is 0 Å². The molecule has 14 heavy (non-hydrogen) atoms. The molecule has 2 N–H and O–H groups in total. The topological polar surface area (TPSA) is 35.2 Å². The number of ether oxygens (including phenoxy) is 1. The Morgan fingerprint density at radius 1 is 1.43 bits per heavy atom. The van der Waals surface area contributed by atoms with Gasteiger partial charge in [0.1, 0.15) is 5.75 Å². The van der Waals surface area contributed by atoms with E-state index < -0.39 is 0 Å². The van der Waals surface area contributed by atoms with Gasteiger partial charge in [0.05, 0.1) is 11.6 Å². The lowest BCUT2D eigenvalue weighted by Gasteiger charge is -2.29. The van der Waals surface area contributed by atoms with Crippen LogP contribution in [0.5, 0.6) is 5.75 Å². The molecule has 0 saturated carbocycles. The molecule has 2 rings (SSSR count). The fourth-order valence-corrected chi connectivity index (χ4v) is 2.21. The zero-order valence-corrected chi connectivity index (χ0v) is 9.27. The summed E-state index contributed by atoms with van der Waals surface area (Å²) >= 11 is 11.9. The Kier molecular flexibility index (Phi) is 2.60. The van der Waals surface area contributed by atoms with E-state index in [9.17, 15) is 0 Å². The number of benzene rings is 1. The van der Waals surface area contributed by atoms with Crippen LogP contribution >= 0.6 is 23.2 Å². The van der Waals surface area contributed by atoms with Crippen LogP contribution in [0.4, 0.5) is 0 Å². The summed E-state index contributed by atoms with van der Waals surface area (Å²) in [5, 5.41) is 1.17. The Bertz CT molecular complexity index is 367. The minimum Gasteiger partial charge on any atom is -0.493 e. The summed E-state index contributed by atoms with van der Waals surface area (Å²) < 4.78 is 5.52. The number of nitrogens with two attached hydrogens (primary N) is 1. The average molecular weight is 232 g/mol. The van der Waals surface area contributed by atoms with Crippen LogP contribution in [0.25, 0.3) is 0 Å². The SMILES string of the molecule is CC1COc2cc(Cl)cc(Cl)c2C1N. The Labute approximate surface area is 92.9 Å². The third kappa shape index (κ3) is 1.58. The summed E-state index contributed by atoms with van der Waals surface area (Å²) in [6.07, 6.45) is 0. The molecule has 1 aromatic carbocycles. The molecule has 0 radical (unpaired) electrons. The fourth-order valence-electron chi connectivity index (χ4n) is 1.61. The molecule has 0 aliphatic carbocycles. The molecule has 1 aliphatic rings. The van der Waals surface area contributed by atoms with Crippen LogP contribution in [0, 0.1) is 5.92 Å². The second-order valence-electron chi connectivity index (χ2n) is 3.61.